The molecule has 0 aliphatic rings. The van der Waals surface area contributed by atoms with Crippen LogP contribution in [0.5, 0.6) is 0 Å². The van der Waals surface area contributed by atoms with Crippen molar-refractivity contribution in [2.75, 3.05) is 5.32 Å². The van der Waals surface area contributed by atoms with Crippen molar-refractivity contribution >= 4 is 50.3 Å². The molecule has 0 saturated carbocycles. The van der Waals surface area contributed by atoms with Crippen molar-refractivity contribution in [3.8, 4) is 10.6 Å². The average molecular weight is 434 g/mol. The Hall–Kier alpha value is -3.29. The summed E-state index contributed by atoms with van der Waals surface area (Å²) < 4.78 is 1.73. The van der Waals surface area contributed by atoms with Gasteiger partial charge < -0.3 is 5.32 Å². The van der Waals surface area contributed by atoms with Gasteiger partial charge in [-0.3, -0.25) is 4.79 Å². The molecule has 0 saturated heterocycles. The predicted molar refractivity (Wildman–Crippen MR) is 120 cm³/mol. The third-order valence-electron chi connectivity index (χ3n) is 4.98. The Morgan fingerprint density at radius 3 is 2.63 bits per heavy atom. The minimum atomic E-state index is -0.173. The number of nitrogens with one attached hydrogen (secondary N) is 1. The number of aromatic nitrogens is 4. The van der Waals surface area contributed by atoms with Gasteiger partial charge in [-0.1, -0.05) is 47.2 Å². The van der Waals surface area contributed by atoms with E-state index < -0.39 is 0 Å². The Kier molecular flexibility index (Phi) is 4.49. The number of fused-ring (bicyclic) bond motifs is 2. The number of benzene rings is 3. The van der Waals surface area contributed by atoms with Gasteiger partial charge in [-0.2, -0.15) is 9.61 Å². The first-order valence-electron chi connectivity index (χ1n) is 9.30. The maximum Gasteiger partial charge on any atom is 0.256 e. The second kappa shape index (κ2) is 7.19. The van der Waals surface area contributed by atoms with Crippen LogP contribution in [0.1, 0.15) is 21.7 Å². The highest BCUT2D eigenvalue weighted by Gasteiger charge is 2.14. The van der Waals surface area contributed by atoms with Gasteiger partial charge >= 0.3 is 0 Å². The quantitative estimate of drug-likeness (QED) is 0.406. The van der Waals surface area contributed by atoms with Gasteiger partial charge in [0.2, 0.25) is 4.96 Å². The fourth-order valence-electron chi connectivity index (χ4n) is 3.43. The predicted octanol–water partition coefficient (Wildman–Crippen LogP) is 5.53. The molecule has 3 aromatic carbocycles. The van der Waals surface area contributed by atoms with Crippen LogP contribution in [0.4, 0.5) is 5.69 Å². The molecule has 2 aromatic heterocycles. The van der Waals surface area contributed by atoms with E-state index in [0.717, 1.165) is 43.4 Å². The summed E-state index contributed by atoms with van der Waals surface area (Å²) in [5, 5.41) is 18.9. The van der Waals surface area contributed by atoms with Crippen molar-refractivity contribution in [1.29, 1.82) is 0 Å². The molecule has 1 amide bonds. The number of anilines is 1. The Labute approximate surface area is 181 Å². The number of rotatable bonds is 3. The molecule has 30 heavy (non-hydrogen) atoms. The lowest BCUT2D eigenvalue weighted by Gasteiger charge is -2.11. The maximum absolute atomic E-state index is 13.0. The number of carbonyl (C=O) groups is 1. The minimum Gasteiger partial charge on any atom is -0.322 e. The number of halogens is 1. The average Bonchev–Trinajstić information content (AvgIpc) is 3.31. The molecule has 8 heteroatoms. The second-order valence-electron chi connectivity index (χ2n) is 6.97. The molecule has 6 nitrogen and oxygen atoms in total. The lowest BCUT2D eigenvalue weighted by atomic mass is 10.0. The van der Waals surface area contributed by atoms with Gasteiger partial charge in [-0.15, -0.1) is 10.2 Å². The molecule has 0 bridgehead atoms. The lowest BCUT2D eigenvalue weighted by Crippen LogP contribution is -2.13. The molecule has 0 aliphatic carbocycles. The summed E-state index contributed by atoms with van der Waals surface area (Å²) in [4.78, 5) is 13.7. The number of aryl methyl sites for hydroxylation is 2. The SMILES string of the molecule is Cc1cc(-c2nn3c(C)nnc3s2)ccc1NC(=O)c1cccc2c(Cl)cccc12. The van der Waals surface area contributed by atoms with Crippen LogP contribution in [0, 0.1) is 13.8 Å². The van der Waals surface area contributed by atoms with E-state index >= 15 is 0 Å². The molecule has 0 unspecified atom stereocenters. The van der Waals surface area contributed by atoms with Crippen LogP contribution >= 0.6 is 22.9 Å². The number of hydrogen-bond acceptors (Lipinski definition) is 5. The van der Waals surface area contributed by atoms with Gasteiger partial charge in [0, 0.05) is 27.2 Å². The lowest BCUT2D eigenvalue weighted by molar-refractivity contribution is 0.102. The molecule has 5 rings (SSSR count). The summed E-state index contributed by atoms with van der Waals surface area (Å²) in [6.45, 7) is 3.83. The molecule has 5 aromatic rings. The van der Waals surface area contributed by atoms with Crippen molar-refractivity contribution in [2.45, 2.75) is 13.8 Å². The highest BCUT2D eigenvalue weighted by Crippen LogP contribution is 2.30. The highest BCUT2D eigenvalue weighted by atomic mass is 35.5. The maximum atomic E-state index is 13.0. The first-order valence-corrected chi connectivity index (χ1v) is 10.5. The van der Waals surface area contributed by atoms with Crippen LogP contribution < -0.4 is 5.32 Å². The van der Waals surface area contributed by atoms with Crippen LogP contribution in [0.15, 0.2) is 54.6 Å². The monoisotopic (exact) mass is 433 g/mol. The molecule has 148 valence electrons. The molecular formula is C22H16ClN5OS. The summed E-state index contributed by atoms with van der Waals surface area (Å²) in [5.74, 6) is 0.580. The van der Waals surface area contributed by atoms with Gasteiger partial charge in [-0.25, -0.2) is 0 Å². The van der Waals surface area contributed by atoms with Crippen LogP contribution in [-0.4, -0.2) is 25.7 Å². The number of carbonyl (C=O) groups excluding carboxylic acids is 1. The Bertz CT molecular complexity index is 1440. The molecule has 0 fully saturated rings. The highest BCUT2D eigenvalue weighted by molar-refractivity contribution is 7.19. The first-order chi connectivity index (χ1) is 14.5. The third-order valence-corrected chi connectivity index (χ3v) is 6.26. The van der Waals surface area contributed by atoms with Gasteiger partial charge in [0.25, 0.3) is 5.91 Å². The van der Waals surface area contributed by atoms with Gasteiger partial charge in [0.05, 0.1) is 0 Å². The second-order valence-corrected chi connectivity index (χ2v) is 8.34. The van der Waals surface area contributed by atoms with E-state index in [0.29, 0.717) is 10.6 Å². The Balaban J connectivity index is 1.45. The first kappa shape index (κ1) is 18.7. The summed E-state index contributed by atoms with van der Waals surface area (Å²) in [6.07, 6.45) is 0. The number of amides is 1. The molecule has 0 atom stereocenters. The number of nitrogens with zero attached hydrogens (tertiary/aromatic N) is 4. The third kappa shape index (κ3) is 3.12. The Morgan fingerprint density at radius 1 is 1.03 bits per heavy atom. The fraction of sp³-hybridized carbons (Fsp3) is 0.0909. The smallest absolute Gasteiger partial charge is 0.256 e. The standard InChI is InChI=1S/C22H16ClN5OS/c1-12-11-14(21-27-28-13(2)25-26-22(28)30-21)9-10-19(12)24-20(29)17-7-3-6-16-15(17)5-4-8-18(16)23/h3-11H,1-2H3,(H,24,29). The van der Waals surface area contributed by atoms with Crippen molar-refractivity contribution in [1.82, 2.24) is 19.8 Å². The van der Waals surface area contributed by atoms with Gasteiger partial charge in [0.1, 0.15) is 5.01 Å². The van der Waals surface area contributed by atoms with E-state index in [1.807, 2.05) is 62.4 Å². The summed E-state index contributed by atoms with van der Waals surface area (Å²) >= 11 is 7.76. The van der Waals surface area contributed by atoms with E-state index in [1.54, 1.807) is 10.6 Å². The van der Waals surface area contributed by atoms with E-state index in [-0.39, 0.29) is 5.91 Å². The van der Waals surface area contributed by atoms with Crippen LogP contribution in [0.25, 0.3) is 26.3 Å². The number of hydrogen-bond donors (Lipinski definition) is 1. The van der Waals surface area contributed by atoms with E-state index in [4.69, 9.17) is 11.6 Å². The molecule has 0 spiro atoms. The van der Waals surface area contributed by atoms with E-state index in [2.05, 4.69) is 20.6 Å². The largest absolute Gasteiger partial charge is 0.322 e. The van der Waals surface area contributed by atoms with Gasteiger partial charge in [-0.05, 0) is 55.1 Å². The zero-order valence-corrected chi connectivity index (χ0v) is 17.8. The van der Waals surface area contributed by atoms with Crippen molar-refractivity contribution in [2.24, 2.45) is 0 Å². The van der Waals surface area contributed by atoms with Crippen molar-refractivity contribution < 1.29 is 4.79 Å². The molecule has 1 N–H and O–H groups in total. The minimum absolute atomic E-state index is 0.173. The summed E-state index contributed by atoms with van der Waals surface area (Å²) in [7, 11) is 0. The van der Waals surface area contributed by atoms with Crippen LogP contribution in [-0.2, 0) is 0 Å². The van der Waals surface area contributed by atoms with E-state index in [1.165, 1.54) is 11.3 Å². The molecule has 2 heterocycles. The Morgan fingerprint density at radius 2 is 1.83 bits per heavy atom. The zero-order chi connectivity index (χ0) is 20.8. The van der Waals surface area contributed by atoms with Crippen LogP contribution in [0.2, 0.25) is 5.02 Å². The molecule has 0 aliphatic heterocycles. The van der Waals surface area contributed by atoms with Crippen molar-refractivity contribution in [3.05, 3.63) is 76.6 Å². The summed E-state index contributed by atoms with van der Waals surface area (Å²) in [6, 6.07) is 17.0. The van der Waals surface area contributed by atoms with Gasteiger partial charge in [0.15, 0.2) is 5.82 Å². The van der Waals surface area contributed by atoms with E-state index in [9.17, 15) is 4.79 Å². The fourth-order valence-corrected chi connectivity index (χ4v) is 4.55. The normalized spacial score (nSPS) is 11.3. The van der Waals surface area contributed by atoms with Crippen LogP contribution in [0.3, 0.4) is 0 Å². The summed E-state index contributed by atoms with van der Waals surface area (Å²) in [5.41, 5.74) is 3.25. The molecular weight excluding hydrogens is 418 g/mol. The topological polar surface area (TPSA) is 72.2 Å². The van der Waals surface area contributed by atoms with Crippen molar-refractivity contribution in [3.63, 3.8) is 0 Å². The molecule has 0 radical (unpaired) electrons. The zero-order valence-electron chi connectivity index (χ0n) is 16.2.